The SMILES string of the molecule is COc1cc(C=Cc2cc(O)c3c(c2)C[C@@H]2C(C)(C)[C@H](O)CC[C@@]2(C)O3)cc2[nH]cc(CC=C(C)C)c12. The fourth-order valence-electron chi connectivity index (χ4n) is 6.35. The van der Waals surface area contributed by atoms with Crippen molar-refractivity contribution in [1.29, 1.82) is 0 Å². The van der Waals surface area contributed by atoms with Crippen molar-refractivity contribution >= 4 is 23.1 Å². The second kappa shape index (κ2) is 9.29. The van der Waals surface area contributed by atoms with Crippen LogP contribution in [0.5, 0.6) is 17.2 Å². The maximum Gasteiger partial charge on any atom is 0.164 e. The van der Waals surface area contributed by atoms with Gasteiger partial charge in [-0.1, -0.05) is 37.6 Å². The number of aromatic hydroxyl groups is 1. The normalized spacial score (nSPS) is 24.4. The second-order valence-corrected chi connectivity index (χ2v) is 11.9. The van der Waals surface area contributed by atoms with E-state index in [1.807, 2.05) is 12.2 Å². The Morgan fingerprint density at radius 1 is 1.14 bits per heavy atom. The third-order valence-electron chi connectivity index (χ3n) is 8.60. The highest BCUT2D eigenvalue weighted by Crippen LogP contribution is 2.54. The van der Waals surface area contributed by atoms with Crippen LogP contribution in [0.4, 0.5) is 0 Å². The van der Waals surface area contributed by atoms with Crippen LogP contribution in [0.25, 0.3) is 23.1 Å². The molecule has 3 aromatic rings. The zero-order valence-electron chi connectivity index (χ0n) is 22.8. The van der Waals surface area contributed by atoms with Gasteiger partial charge in [-0.2, -0.15) is 0 Å². The quantitative estimate of drug-likeness (QED) is 0.259. The smallest absolute Gasteiger partial charge is 0.164 e. The number of aromatic nitrogens is 1. The molecule has 0 amide bonds. The molecule has 0 unspecified atom stereocenters. The maximum absolute atomic E-state index is 10.9. The molecule has 1 saturated carbocycles. The summed E-state index contributed by atoms with van der Waals surface area (Å²) >= 11 is 0. The van der Waals surface area contributed by atoms with Gasteiger partial charge in [-0.05, 0) is 98.4 Å². The van der Waals surface area contributed by atoms with Gasteiger partial charge >= 0.3 is 0 Å². The number of phenols is 1. The maximum atomic E-state index is 10.9. The predicted octanol–water partition coefficient (Wildman–Crippen LogP) is 7.05. The zero-order chi connectivity index (χ0) is 26.5. The zero-order valence-corrected chi connectivity index (χ0v) is 22.8. The van der Waals surface area contributed by atoms with Gasteiger partial charge in [0.2, 0.25) is 0 Å². The van der Waals surface area contributed by atoms with Crippen LogP contribution < -0.4 is 9.47 Å². The van der Waals surface area contributed by atoms with Gasteiger partial charge in [-0.25, -0.2) is 0 Å². The molecule has 3 N–H and O–H groups in total. The van der Waals surface area contributed by atoms with Crippen molar-refractivity contribution in [1.82, 2.24) is 4.98 Å². The van der Waals surface area contributed by atoms with Crippen LogP contribution in [0.15, 0.2) is 42.1 Å². The van der Waals surface area contributed by atoms with E-state index in [9.17, 15) is 10.2 Å². The van der Waals surface area contributed by atoms with Crippen LogP contribution >= 0.6 is 0 Å². The summed E-state index contributed by atoms with van der Waals surface area (Å²) in [6, 6.07) is 8.05. The van der Waals surface area contributed by atoms with E-state index in [1.165, 1.54) is 11.1 Å². The Morgan fingerprint density at radius 3 is 2.57 bits per heavy atom. The molecule has 5 heteroatoms. The summed E-state index contributed by atoms with van der Waals surface area (Å²) in [6.45, 7) is 10.6. The number of ether oxygens (including phenoxy) is 2. The lowest BCUT2D eigenvalue weighted by atomic mass is 9.57. The number of nitrogens with one attached hydrogen (secondary N) is 1. The number of hydrogen-bond donors (Lipinski definition) is 3. The first kappa shape index (κ1) is 25.5. The van der Waals surface area contributed by atoms with Crippen molar-refractivity contribution in [3.63, 3.8) is 0 Å². The number of aliphatic hydroxyl groups is 1. The first-order chi connectivity index (χ1) is 17.5. The van der Waals surface area contributed by atoms with Crippen LogP contribution in [-0.2, 0) is 12.8 Å². The Morgan fingerprint density at radius 2 is 1.86 bits per heavy atom. The number of methoxy groups -OCH3 is 1. The van der Waals surface area contributed by atoms with Crippen LogP contribution in [0.3, 0.4) is 0 Å². The number of H-pyrrole nitrogens is 1. The van der Waals surface area contributed by atoms with Gasteiger partial charge in [0.05, 0.1) is 18.7 Å². The standard InChI is InChI=1S/C32H39NO4/c1-19(2)7-10-22-18-33-24-14-21(16-26(36-6)29(22)24)9-8-20-13-23-17-27-31(3,4)28(35)11-12-32(27,5)37-30(23)25(34)15-20/h7-9,13-16,18,27-28,33-35H,10-12,17H2,1-6H3/t27-,28-,32-/m1/s1. The summed E-state index contributed by atoms with van der Waals surface area (Å²) in [5, 5.41) is 22.7. The monoisotopic (exact) mass is 501 g/mol. The summed E-state index contributed by atoms with van der Waals surface area (Å²) in [7, 11) is 1.71. The lowest BCUT2D eigenvalue weighted by molar-refractivity contribution is -0.138. The lowest BCUT2D eigenvalue weighted by Gasteiger charge is -2.55. The molecule has 37 heavy (non-hydrogen) atoms. The Labute approximate surface area is 219 Å². The van der Waals surface area contributed by atoms with Crippen LogP contribution in [0.2, 0.25) is 0 Å². The van der Waals surface area contributed by atoms with Gasteiger partial charge in [0, 0.05) is 17.5 Å². The van der Waals surface area contributed by atoms with Gasteiger partial charge in [-0.3, -0.25) is 0 Å². The minimum Gasteiger partial charge on any atom is -0.504 e. The van der Waals surface area contributed by atoms with Crippen LogP contribution in [0, 0.1) is 11.3 Å². The summed E-state index contributed by atoms with van der Waals surface area (Å²) in [5.74, 6) is 1.76. The minimum absolute atomic E-state index is 0.162. The number of fused-ring (bicyclic) bond motifs is 3. The first-order valence-electron chi connectivity index (χ1n) is 13.2. The molecule has 5 nitrogen and oxygen atoms in total. The number of benzene rings is 2. The van der Waals surface area contributed by atoms with Gasteiger partial charge < -0.3 is 24.7 Å². The molecule has 1 aromatic heterocycles. The fraction of sp³-hybridized carbons (Fsp3) is 0.438. The molecule has 0 radical (unpaired) electrons. The Bertz CT molecular complexity index is 1390. The number of aromatic amines is 1. The Balaban J connectivity index is 1.46. The third-order valence-corrected chi connectivity index (χ3v) is 8.60. The first-order valence-corrected chi connectivity index (χ1v) is 13.2. The number of aliphatic hydroxyl groups excluding tert-OH is 1. The molecule has 1 aliphatic carbocycles. The fourth-order valence-corrected chi connectivity index (χ4v) is 6.35. The molecule has 0 spiro atoms. The molecular weight excluding hydrogens is 462 g/mol. The molecule has 3 atom stereocenters. The largest absolute Gasteiger partial charge is 0.504 e. The molecule has 5 rings (SSSR count). The summed E-state index contributed by atoms with van der Waals surface area (Å²) < 4.78 is 12.2. The Kier molecular flexibility index (Phi) is 6.39. The molecule has 2 aliphatic rings. The van der Waals surface area contributed by atoms with E-state index in [4.69, 9.17) is 9.47 Å². The van der Waals surface area contributed by atoms with Crippen molar-refractivity contribution in [2.24, 2.45) is 11.3 Å². The van der Waals surface area contributed by atoms with Gasteiger partial charge in [0.15, 0.2) is 11.5 Å². The third kappa shape index (κ3) is 4.54. The van der Waals surface area contributed by atoms with E-state index in [-0.39, 0.29) is 23.2 Å². The molecule has 1 aliphatic heterocycles. The van der Waals surface area contributed by atoms with Crippen molar-refractivity contribution in [2.45, 2.75) is 72.0 Å². The molecule has 0 bridgehead atoms. The molecule has 196 valence electrons. The molecule has 1 fully saturated rings. The minimum atomic E-state index is -0.392. The summed E-state index contributed by atoms with van der Waals surface area (Å²) in [6.07, 6.45) is 11.1. The van der Waals surface area contributed by atoms with Gasteiger partial charge in [-0.15, -0.1) is 0 Å². The number of allylic oxidation sites excluding steroid dienone is 2. The van der Waals surface area contributed by atoms with E-state index >= 15 is 0 Å². The van der Waals surface area contributed by atoms with Crippen molar-refractivity contribution < 1.29 is 19.7 Å². The highest BCUT2D eigenvalue weighted by atomic mass is 16.5. The Hall–Kier alpha value is -3.18. The lowest BCUT2D eigenvalue weighted by Crippen LogP contribution is -2.58. The van der Waals surface area contributed by atoms with Gasteiger partial charge in [0.1, 0.15) is 11.4 Å². The molecular formula is C32H39NO4. The predicted molar refractivity (Wildman–Crippen MR) is 150 cm³/mol. The van der Waals surface area contributed by atoms with E-state index in [2.05, 4.69) is 70.1 Å². The van der Waals surface area contributed by atoms with Crippen molar-refractivity contribution in [3.8, 4) is 17.2 Å². The highest BCUT2D eigenvalue weighted by Gasteiger charge is 2.54. The van der Waals surface area contributed by atoms with Crippen molar-refractivity contribution in [2.75, 3.05) is 7.11 Å². The van der Waals surface area contributed by atoms with E-state index < -0.39 is 5.60 Å². The summed E-state index contributed by atoms with van der Waals surface area (Å²) in [5.41, 5.74) is 5.80. The van der Waals surface area contributed by atoms with E-state index in [1.54, 1.807) is 13.2 Å². The van der Waals surface area contributed by atoms with E-state index in [0.717, 1.165) is 52.6 Å². The number of rotatable bonds is 5. The number of phenolic OH excluding ortho intramolecular Hbond substituents is 1. The van der Waals surface area contributed by atoms with Gasteiger partial charge in [0.25, 0.3) is 0 Å². The topological polar surface area (TPSA) is 74.7 Å². The van der Waals surface area contributed by atoms with Crippen molar-refractivity contribution in [3.05, 3.63) is 64.4 Å². The van der Waals surface area contributed by atoms with Crippen LogP contribution in [-0.4, -0.2) is 34.0 Å². The highest BCUT2D eigenvalue weighted by molar-refractivity contribution is 5.92. The number of hydrogen-bond acceptors (Lipinski definition) is 4. The second-order valence-electron chi connectivity index (χ2n) is 11.9. The van der Waals surface area contributed by atoms with E-state index in [0.29, 0.717) is 12.2 Å². The summed E-state index contributed by atoms with van der Waals surface area (Å²) in [4.78, 5) is 3.40. The molecule has 2 aromatic carbocycles. The average Bonchev–Trinajstić information content (AvgIpc) is 3.26. The van der Waals surface area contributed by atoms with Crippen LogP contribution in [0.1, 0.15) is 69.7 Å². The molecule has 0 saturated heterocycles. The molecule has 2 heterocycles. The average molecular weight is 502 g/mol.